The molecule has 218 valence electrons. The van der Waals surface area contributed by atoms with E-state index in [1.54, 1.807) is 42.0 Å². The lowest BCUT2D eigenvalue weighted by atomic mass is 10.1. The second kappa shape index (κ2) is 13.6. The lowest BCUT2D eigenvalue weighted by Gasteiger charge is -2.40. The predicted octanol–water partition coefficient (Wildman–Crippen LogP) is 6.50. The molecule has 0 spiro atoms. The molecule has 1 atom stereocenters. The fourth-order valence-corrected chi connectivity index (χ4v) is 6.45. The van der Waals surface area contributed by atoms with Crippen molar-refractivity contribution in [2.75, 3.05) is 32.5 Å². The van der Waals surface area contributed by atoms with E-state index in [-0.39, 0.29) is 17.9 Å². The number of aromatic nitrogens is 3. The molecule has 2 heterocycles. The van der Waals surface area contributed by atoms with Gasteiger partial charge in [0.15, 0.2) is 11.0 Å². The van der Waals surface area contributed by atoms with Crippen molar-refractivity contribution in [3.8, 4) is 22.8 Å². The van der Waals surface area contributed by atoms with Gasteiger partial charge in [0, 0.05) is 59.0 Å². The molecule has 11 heteroatoms. The Labute approximate surface area is 259 Å². The quantitative estimate of drug-likeness (QED) is 0.156. The van der Waals surface area contributed by atoms with Crippen LogP contribution in [-0.2, 0) is 4.79 Å². The Morgan fingerprint density at radius 2 is 1.69 bits per heavy atom. The normalized spacial score (nSPS) is 15.1. The van der Waals surface area contributed by atoms with E-state index in [0.717, 1.165) is 28.0 Å². The molecule has 1 unspecified atom stereocenters. The van der Waals surface area contributed by atoms with Crippen LogP contribution in [0.3, 0.4) is 0 Å². The summed E-state index contributed by atoms with van der Waals surface area (Å²) in [5, 5.41) is 10.6. The Bertz CT molecular complexity index is 1550. The number of halogens is 2. The van der Waals surface area contributed by atoms with E-state index < -0.39 is 0 Å². The van der Waals surface area contributed by atoms with Crippen molar-refractivity contribution in [3.05, 3.63) is 88.4 Å². The van der Waals surface area contributed by atoms with Gasteiger partial charge in [-0.2, -0.15) is 0 Å². The largest absolute Gasteiger partial charge is 0.495 e. The number of hydrogen-bond acceptors (Lipinski definition) is 6. The molecule has 8 nitrogen and oxygen atoms in total. The number of hydrogen-bond donors (Lipinski definition) is 0. The molecule has 1 aliphatic rings. The van der Waals surface area contributed by atoms with Gasteiger partial charge in [0.2, 0.25) is 5.91 Å². The molecular weight excluding hydrogens is 593 g/mol. The first-order valence-electron chi connectivity index (χ1n) is 13.7. The van der Waals surface area contributed by atoms with Gasteiger partial charge >= 0.3 is 0 Å². The summed E-state index contributed by atoms with van der Waals surface area (Å²) in [6.07, 6.45) is 1.09. The first kappa shape index (κ1) is 29.9. The van der Waals surface area contributed by atoms with E-state index in [1.807, 2.05) is 71.0 Å². The summed E-state index contributed by atoms with van der Waals surface area (Å²) in [5.74, 6) is 2.08. The Morgan fingerprint density at radius 3 is 2.40 bits per heavy atom. The number of methoxy groups -OCH3 is 1. The van der Waals surface area contributed by atoms with Crippen LogP contribution < -0.4 is 4.74 Å². The van der Waals surface area contributed by atoms with Gasteiger partial charge in [-0.1, -0.05) is 77.4 Å². The highest BCUT2D eigenvalue weighted by atomic mass is 35.5. The topological polar surface area (TPSA) is 80.6 Å². The number of piperazine rings is 1. The zero-order valence-electron chi connectivity index (χ0n) is 23.4. The van der Waals surface area contributed by atoms with Crippen molar-refractivity contribution in [1.82, 2.24) is 24.6 Å². The average molecular weight is 625 g/mol. The molecule has 0 N–H and O–H groups in total. The highest BCUT2D eigenvalue weighted by Crippen LogP contribution is 2.33. The molecule has 1 fully saturated rings. The maximum atomic E-state index is 13.1. The maximum Gasteiger partial charge on any atom is 0.254 e. The fourth-order valence-electron chi connectivity index (χ4n) is 5.04. The molecule has 0 saturated carbocycles. The van der Waals surface area contributed by atoms with Gasteiger partial charge in [-0.15, -0.1) is 10.2 Å². The molecule has 5 rings (SSSR count). The minimum atomic E-state index is -0.135. The predicted molar refractivity (Wildman–Crippen MR) is 167 cm³/mol. The Kier molecular flexibility index (Phi) is 9.72. The van der Waals surface area contributed by atoms with Crippen molar-refractivity contribution in [1.29, 1.82) is 0 Å². The summed E-state index contributed by atoms with van der Waals surface area (Å²) in [6, 6.07) is 22.4. The van der Waals surface area contributed by atoms with Crippen LogP contribution >= 0.6 is 35.0 Å². The minimum absolute atomic E-state index is 0.0801. The first-order chi connectivity index (χ1) is 20.4. The first-order valence-corrected chi connectivity index (χ1v) is 15.4. The summed E-state index contributed by atoms with van der Waals surface area (Å²) in [7, 11) is 1.65. The summed E-state index contributed by atoms with van der Waals surface area (Å²) >= 11 is 13.7. The Balaban J connectivity index is 1.19. The van der Waals surface area contributed by atoms with E-state index in [9.17, 15) is 9.59 Å². The van der Waals surface area contributed by atoms with Crippen LogP contribution in [0.4, 0.5) is 0 Å². The van der Waals surface area contributed by atoms with Gasteiger partial charge in [-0.3, -0.25) is 14.2 Å². The summed E-state index contributed by atoms with van der Waals surface area (Å²) < 4.78 is 7.64. The molecule has 1 aliphatic heterocycles. The van der Waals surface area contributed by atoms with Crippen molar-refractivity contribution < 1.29 is 14.3 Å². The standard InChI is InChI=1S/C31H31Cl2N5O3S/c1-21-20-36(14-15-37(21)30(40)23-17-24(32)19-25(33)18-23)28(39)13-8-16-42-31-35-34-29(22-9-4-3-5-10-22)38(31)26-11-6-7-12-27(26)41-2/h3-7,9-12,17-19,21H,8,13-16,20H2,1-2H3. The second-order valence-corrected chi connectivity index (χ2v) is 11.9. The van der Waals surface area contributed by atoms with Crippen LogP contribution in [0.2, 0.25) is 10.0 Å². The van der Waals surface area contributed by atoms with Crippen molar-refractivity contribution >= 4 is 46.8 Å². The van der Waals surface area contributed by atoms with E-state index in [0.29, 0.717) is 53.8 Å². The van der Waals surface area contributed by atoms with E-state index in [2.05, 4.69) is 10.2 Å². The van der Waals surface area contributed by atoms with Crippen LogP contribution in [-0.4, -0.2) is 74.9 Å². The van der Waals surface area contributed by atoms with Crippen LogP contribution in [0.15, 0.2) is 78.0 Å². The fraction of sp³-hybridized carbons (Fsp3) is 0.290. The number of thioether (sulfide) groups is 1. The third-order valence-electron chi connectivity index (χ3n) is 7.11. The van der Waals surface area contributed by atoms with Gasteiger partial charge < -0.3 is 14.5 Å². The molecule has 2 amide bonds. The molecule has 0 bridgehead atoms. The number of para-hydroxylation sites is 2. The van der Waals surface area contributed by atoms with Crippen molar-refractivity contribution in [2.24, 2.45) is 0 Å². The number of benzene rings is 3. The zero-order valence-corrected chi connectivity index (χ0v) is 25.7. The second-order valence-electron chi connectivity index (χ2n) is 9.98. The number of ether oxygens (including phenoxy) is 1. The number of rotatable bonds is 9. The molecule has 42 heavy (non-hydrogen) atoms. The van der Waals surface area contributed by atoms with Crippen LogP contribution in [0, 0.1) is 0 Å². The SMILES string of the molecule is COc1ccccc1-n1c(SCCCC(=O)N2CCN(C(=O)c3cc(Cl)cc(Cl)c3)C(C)C2)nnc1-c1ccccc1. The van der Waals surface area contributed by atoms with Crippen LogP contribution in [0.25, 0.3) is 17.1 Å². The molecule has 3 aromatic carbocycles. The summed E-state index contributed by atoms with van der Waals surface area (Å²) in [6.45, 7) is 3.37. The van der Waals surface area contributed by atoms with E-state index in [4.69, 9.17) is 27.9 Å². The highest BCUT2D eigenvalue weighted by Gasteiger charge is 2.30. The number of carbonyl (C=O) groups excluding carboxylic acids is 2. The summed E-state index contributed by atoms with van der Waals surface area (Å²) in [4.78, 5) is 29.8. The molecular formula is C31H31Cl2N5O3S. The Morgan fingerprint density at radius 1 is 0.976 bits per heavy atom. The maximum absolute atomic E-state index is 13.1. The molecule has 1 saturated heterocycles. The number of carbonyl (C=O) groups is 2. The van der Waals surface area contributed by atoms with Gasteiger partial charge in [-0.25, -0.2) is 0 Å². The van der Waals surface area contributed by atoms with Gasteiger partial charge in [0.05, 0.1) is 12.8 Å². The van der Waals surface area contributed by atoms with Crippen LogP contribution in [0.5, 0.6) is 5.75 Å². The number of amides is 2. The monoisotopic (exact) mass is 623 g/mol. The van der Waals surface area contributed by atoms with E-state index in [1.165, 1.54) is 0 Å². The molecule has 4 aromatic rings. The van der Waals surface area contributed by atoms with Crippen LogP contribution in [0.1, 0.15) is 30.1 Å². The van der Waals surface area contributed by atoms with Gasteiger partial charge in [-0.05, 0) is 43.7 Å². The lowest BCUT2D eigenvalue weighted by Crippen LogP contribution is -2.55. The molecule has 0 aliphatic carbocycles. The lowest BCUT2D eigenvalue weighted by molar-refractivity contribution is -0.133. The van der Waals surface area contributed by atoms with Gasteiger partial charge in [0.25, 0.3) is 5.91 Å². The molecule has 0 radical (unpaired) electrons. The average Bonchev–Trinajstić information content (AvgIpc) is 3.42. The Hall–Kier alpha value is -3.53. The zero-order chi connectivity index (χ0) is 29.6. The summed E-state index contributed by atoms with van der Waals surface area (Å²) in [5.41, 5.74) is 2.25. The third-order valence-corrected chi connectivity index (χ3v) is 8.56. The van der Waals surface area contributed by atoms with Crippen molar-refractivity contribution in [3.63, 3.8) is 0 Å². The smallest absolute Gasteiger partial charge is 0.254 e. The van der Waals surface area contributed by atoms with Crippen molar-refractivity contribution in [2.45, 2.75) is 31.0 Å². The third kappa shape index (κ3) is 6.75. The number of nitrogens with zero attached hydrogens (tertiary/aromatic N) is 5. The van der Waals surface area contributed by atoms with Gasteiger partial charge in [0.1, 0.15) is 5.75 Å². The molecule has 1 aromatic heterocycles. The highest BCUT2D eigenvalue weighted by molar-refractivity contribution is 7.99. The minimum Gasteiger partial charge on any atom is -0.495 e. The van der Waals surface area contributed by atoms with E-state index >= 15 is 0 Å².